The standard InChI is InChI=1S/C8H10N2O2/c11-7-6-4-1-2-5(3-4)10(6)8(12)9-7/h4-6H,1-3H2,(H,9,11,12). The molecule has 3 unspecified atom stereocenters. The molecular weight excluding hydrogens is 156 g/mol. The zero-order valence-electron chi connectivity index (χ0n) is 6.62. The van der Waals surface area contributed by atoms with Gasteiger partial charge in [0.25, 0.3) is 5.91 Å². The van der Waals surface area contributed by atoms with Gasteiger partial charge in [-0.05, 0) is 25.2 Å². The molecule has 2 aliphatic heterocycles. The molecule has 3 aliphatic rings. The van der Waals surface area contributed by atoms with E-state index in [-0.39, 0.29) is 18.0 Å². The third-order valence-electron chi connectivity index (χ3n) is 3.32. The molecule has 3 atom stereocenters. The Hall–Kier alpha value is -1.06. The third kappa shape index (κ3) is 0.552. The average Bonchev–Trinajstić information content (AvgIpc) is 2.64. The number of nitrogens with zero attached hydrogens (tertiary/aromatic N) is 1. The van der Waals surface area contributed by atoms with Gasteiger partial charge in [-0.2, -0.15) is 0 Å². The quantitative estimate of drug-likeness (QED) is 0.518. The third-order valence-corrected chi connectivity index (χ3v) is 3.32. The normalized spacial score (nSPS) is 43.7. The largest absolute Gasteiger partial charge is 0.325 e. The summed E-state index contributed by atoms with van der Waals surface area (Å²) in [6.45, 7) is 0. The fourth-order valence-electron chi connectivity index (χ4n) is 2.86. The molecule has 0 radical (unpaired) electrons. The molecule has 4 nitrogen and oxygen atoms in total. The Bertz CT molecular complexity index is 250. The number of nitrogens with one attached hydrogen (secondary N) is 1. The number of amides is 3. The van der Waals surface area contributed by atoms with Crippen LogP contribution in [-0.4, -0.2) is 28.9 Å². The number of fused-ring (bicyclic) bond motifs is 5. The zero-order chi connectivity index (χ0) is 8.29. The van der Waals surface area contributed by atoms with Gasteiger partial charge in [-0.15, -0.1) is 0 Å². The summed E-state index contributed by atoms with van der Waals surface area (Å²) in [5, 5.41) is 2.37. The molecule has 12 heavy (non-hydrogen) atoms. The van der Waals surface area contributed by atoms with Crippen molar-refractivity contribution in [3.63, 3.8) is 0 Å². The maximum atomic E-state index is 11.3. The first-order valence-electron chi connectivity index (χ1n) is 4.40. The van der Waals surface area contributed by atoms with Crippen molar-refractivity contribution in [3.8, 4) is 0 Å². The number of hydrogen-bond donors (Lipinski definition) is 1. The van der Waals surface area contributed by atoms with Crippen molar-refractivity contribution < 1.29 is 9.59 Å². The first-order chi connectivity index (χ1) is 5.77. The van der Waals surface area contributed by atoms with Crippen LogP contribution in [-0.2, 0) is 4.79 Å². The number of imide groups is 1. The van der Waals surface area contributed by atoms with Crippen molar-refractivity contribution >= 4 is 11.9 Å². The Morgan fingerprint density at radius 1 is 1.33 bits per heavy atom. The van der Waals surface area contributed by atoms with Crippen molar-refractivity contribution in [2.24, 2.45) is 5.92 Å². The van der Waals surface area contributed by atoms with Crippen LogP contribution in [0.25, 0.3) is 0 Å². The molecule has 3 rings (SSSR count). The first kappa shape index (κ1) is 6.46. The number of piperidine rings is 1. The van der Waals surface area contributed by atoms with E-state index in [9.17, 15) is 9.59 Å². The zero-order valence-corrected chi connectivity index (χ0v) is 6.62. The van der Waals surface area contributed by atoms with Gasteiger partial charge in [-0.3, -0.25) is 10.1 Å². The molecule has 2 saturated heterocycles. The minimum Gasteiger partial charge on any atom is -0.309 e. The van der Waals surface area contributed by atoms with E-state index in [2.05, 4.69) is 5.32 Å². The topological polar surface area (TPSA) is 49.4 Å². The van der Waals surface area contributed by atoms with E-state index in [1.807, 2.05) is 0 Å². The minimum absolute atomic E-state index is 0.0767. The first-order valence-corrected chi connectivity index (χ1v) is 4.40. The molecule has 2 bridgehead atoms. The summed E-state index contributed by atoms with van der Waals surface area (Å²) in [5.41, 5.74) is 0. The second-order valence-corrected chi connectivity index (χ2v) is 3.87. The van der Waals surface area contributed by atoms with Crippen LogP contribution in [0.2, 0.25) is 0 Å². The SMILES string of the molecule is O=C1NC(=O)N2C3CCC(C3)C12. The molecule has 3 fully saturated rings. The van der Waals surface area contributed by atoms with Crippen LogP contribution in [0.15, 0.2) is 0 Å². The van der Waals surface area contributed by atoms with Gasteiger partial charge in [0.05, 0.1) is 0 Å². The molecular formula is C8H10N2O2. The van der Waals surface area contributed by atoms with Gasteiger partial charge in [-0.25, -0.2) is 4.79 Å². The molecule has 0 aromatic carbocycles. The van der Waals surface area contributed by atoms with E-state index in [0.29, 0.717) is 12.0 Å². The molecule has 0 aromatic rings. The second-order valence-electron chi connectivity index (χ2n) is 3.87. The Morgan fingerprint density at radius 2 is 2.17 bits per heavy atom. The number of carbonyl (C=O) groups excluding carboxylic acids is 2. The summed E-state index contributed by atoms with van der Waals surface area (Å²) in [5.74, 6) is 0.369. The Balaban J connectivity index is 2.03. The summed E-state index contributed by atoms with van der Waals surface area (Å²) < 4.78 is 0. The molecule has 1 saturated carbocycles. The van der Waals surface area contributed by atoms with Gasteiger partial charge < -0.3 is 4.90 Å². The molecule has 2 heterocycles. The van der Waals surface area contributed by atoms with E-state index >= 15 is 0 Å². The molecule has 3 amide bonds. The molecule has 0 spiro atoms. The molecule has 1 N–H and O–H groups in total. The van der Waals surface area contributed by atoms with Crippen LogP contribution in [0, 0.1) is 5.92 Å². The van der Waals surface area contributed by atoms with Crippen molar-refractivity contribution in [2.45, 2.75) is 31.3 Å². The van der Waals surface area contributed by atoms with Crippen molar-refractivity contribution in [1.29, 1.82) is 0 Å². The Labute approximate surface area is 69.9 Å². The van der Waals surface area contributed by atoms with Gasteiger partial charge in [0.2, 0.25) is 0 Å². The molecule has 4 heteroatoms. The predicted octanol–water partition coefficient (Wildman–Crippen LogP) is 0.0891. The molecule has 1 aliphatic carbocycles. The van der Waals surface area contributed by atoms with Crippen molar-refractivity contribution in [3.05, 3.63) is 0 Å². The summed E-state index contributed by atoms with van der Waals surface area (Å²) in [7, 11) is 0. The van der Waals surface area contributed by atoms with Crippen LogP contribution >= 0.6 is 0 Å². The monoisotopic (exact) mass is 166 g/mol. The highest BCUT2D eigenvalue weighted by Crippen LogP contribution is 2.44. The van der Waals surface area contributed by atoms with Crippen LogP contribution in [0.3, 0.4) is 0 Å². The van der Waals surface area contributed by atoms with Gasteiger partial charge in [0.15, 0.2) is 0 Å². The lowest BCUT2D eigenvalue weighted by Crippen LogP contribution is -2.40. The van der Waals surface area contributed by atoms with E-state index < -0.39 is 0 Å². The van der Waals surface area contributed by atoms with Crippen molar-refractivity contribution in [1.82, 2.24) is 10.2 Å². The van der Waals surface area contributed by atoms with E-state index in [1.165, 1.54) is 0 Å². The van der Waals surface area contributed by atoms with Gasteiger partial charge in [0.1, 0.15) is 6.04 Å². The minimum atomic E-state index is -0.169. The van der Waals surface area contributed by atoms with Crippen LogP contribution in [0.4, 0.5) is 4.79 Å². The summed E-state index contributed by atoms with van der Waals surface area (Å²) in [6, 6.07) is 0.0694. The fourth-order valence-corrected chi connectivity index (χ4v) is 2.86. The highest BCUT2D eigenvalue weighted by atomic mass is 16.2. The number of urea groups is 1. The smallest absolute Gasteiger partial charge is 0.309 e. The lowest BCUT2D eigenvalue weighted by atomic mass is 10.00. The van der Waals surface area contributed by atoms with Gasteiger partial charge >= 0.3 is 6.03 Å². The fraction of sp³-hybridized carbons (Fsp3) is 0.750. The summed E-state index contributed by atoms with van der Waals surface area (Å²) in [4.78, 5) is 24.3. The highest BCUT2D eigenvalue weighted by molar-refractivity contribution is 6.05. The molecule has 0 aromatic heterocycles. The van der Waals surface area contributed by atoms with E-state index in [0.717, 1.165) is 19.3 Å². The molecule has 64 valence electrons. The van der Waals surface area contributed by atoms with E-state index in [1.54, 1.807) is 4.90 Å². The second kappa shape index (κ2) is 1.81. The predicted molar refractivity (Wildman–Crippen MR) is 40.3 cm³/mol. The van der Waals surface area contributed by atoms with Gasteiger partial charge in [-0.1, -0.05) is 0 Å². The number of rotatable bonds is 0. The van der Waals surface area contributed by atoms with Crippen LogP contribution in [0.5, 0.6) is 0 Å². The van der Waals surface area contributed by atoms with Crippen molar-refractivity contribution in [2.75, 3.05) is 0 Å². The van der Waals surface area contributed by atoms with E-state index in [4.69, 9.17) is 0 Å². The highest BCUT2D eigenvalue weighted by Gasteiger charge is 2.55. The maximum absolute atomic E-state index is 11.3. The lowest BCUT2D eigenvalue weighted by Gasteiger charge is -2.25. The summed E-state index contributed by atoms with van der Waals surface area (Å²) >= 11 is 0. The van der Waals surface area contributed by atoms with Crippen LogP contribution in [0.1, 0.15) is 19.3 Å². The van der Waals surface area contributed by atoms with Crippen LogP contribution < -0.4 is 5.32 Å². The van der Waals surface area contributed by atoms with Gasteiger partial charge in [0, 0.05) is 6.04 Å². The Morgan fingerprint density at radius 3 is 2.92 bits per heavy atom. The average molecular weight is 166 g/mol. The number of carbonyl (C=O) groups is 2. The summed E-state index contributed by atoms with van der Waals surface area (Å²) in [6.07, 6.45) is 3.25. The number of hydrogen-bond acceptors (Lipinski definition) is 2. The maximum Gasteiger partial charge on any atom is 0.325 e. The lowest BCUT2D eigenvalue weighted by molar-refractivity contribution is -0.122. The Kier molecular flexibility index (Phi) is 0.975.